The highest BCUT2D eigenvalue weighted by Crippen LogP contribution is 2.62. The summed E-state index contributed by atoms with van der Waals surface area (Å²) in [6, 6.07) is 53.3. The molecule has 11 rings (SSSR count). The molecule has 1 aliphatic heterocycles. The fourth-order valence-corrected chi connectivity index (χ4v) is 9.48. The summed E-state index contributed by atoms with van der Waals surface area (Å²) >= 11 is 0. The van der Waals surface area contributed by atoms with E-state index >= 15 is 0 Å². The molecule has 0 amide bonds. The van der Waals surface area contributed by atoms with Crippen LogP contribution in [0, 0.1) is 5.92 Å². The van der Waals surface area contributed by atoms with Crippen LogP contribution in [0.5, 0.6) is 11.5 Å². The number of nitrogens with zero attached hydrogens (tertiary/aromatic N) is 2. The molecule has 2 N–H and O–H groups in total. The summed E-state index contributed by atoms with van der Waals surface area (Å²) in [5.74, 6) is 2.82. The molecule has 57 heavy (non-hydrogen) atoms. The molecule has 0 radical (unpaired) electrons. The van der Waals surface area contributed by atoms with Crippen molar-refractivity contribution in [3.05, 3.63) is 221 Å². The summed E-state index contributed by atoms with van der Waals surface area (Å²) in [4.78, 5) is 10.3. The zero-order valence-corrected chi connectivity index (χ0v) is 31.4. The van der Waals surface area contributed by atoms with Crippen LogP contribution in [0.2, 0.25) is 0 Å². The highest BCUT2D eigenvalue weighted by Gasteiger charge is 2.51. The van der Waals surface area contributed by atoms with Crippen molar-refractivity contribution in [2.75, 3.05) is 5.73 Å². The first-order chi connectivity index (χ1) is 28.1. The number of benzene rings is 6. The van der Waals surface area contributed by atoms with Crippen LogP contribution in [-0.4, -0.2) is 9.97 Å². The second-order valence-corrected chi connectivity index (χ2v) is 15.4. The van der Waals surface area contributed by atoms with E-state index in [0.717, 1.165) is 75.9 Å². The molecule has 1 unspecified atom stereocenters. The average molecular weight is 734 g/mol. The molecule has 4 nitrogen and oxygen atoms in total. The lowest BCUT2D eigenvalue weighted by molar-refractivity contribution is 0.436. The Morgan fingerprint density at radius 1 is 0.596 bits per heavy atom. The van der Waals surface area contributed by atoms with Crippen molar-refractivity contribution in [1.82, 2.24) is 9.97 Å². The first-order valence-corrected chi connectivity index (χ1v) is 19.8. The molecular weight excluding hydrogens is 695 g/mol. The van der Waals surface area contributed by atoms with Gasteiger partial charge in [0.1, 0.15) is 11.5 Å². The summed E-state index contributed by atoms with van der Waals surface area (Å²) < 4.78 is 6.53. The summed E-state index contributed by atoms with van der Waals surface area (Å²) in [5.41, 5.74) is 22.9. The average Bonchev–Trinajstić information content (AvgIpc) is 3.56. The molecule has 2 heterocycles. The molecular formula is C53H39N3O. The number of rotatable bonds is 5. The van der Waals surface area contributed by atoms with E-state index in [2.05, 4.69) is 164 Å². The van der Waals surface area contributed by atoms with Gasteiger partial charge in [-0.3, -0.25) is 0 Å². The van der Waals surface area contributed by atoms with E-state index in [-0.39, 0.29) is 5.92 Å². The molecule has 4 aliphatic rings. The third-order valence-electron chi connectivity index (χ3n) is 12.1. The van der Waals surface area contributed by atoms with Gasteiger partial charge in [-0.15, -0.1) is 0 Å². The minimum atomic E-state index is -0.518. The number of fused-ring (bicyclic) bond motifs is 9. The Morgan fingerprint density at radius 3 is 1.89 bits per heavy atom. The van der Waals surface area contributed by atoms with Crippen LogP contribution in [-0.2, 0) is 5.41 Å². The van der Waals surface area contributed by atoms with Crippen LogP contribution >= 0.6 is 0 Å². The standard InChI is InChI=1S/C53H39N3O/c54-41-26-28-45-43(32-41)42-31-39(25-27-44(42)53(45)46-21-7-9-23-50(46)57-51-24-10-8-22-47(51)53)37-18-11-17-36(29-37)38-19-12-20-40(30-38)52-55-48(34-13-3-1-4-14-34)33-49(56-52)35-15-5-2-6-16-35/h1-11,13-16,18-19,21-33,36H,12,17,20,54H2. The first-order valence-electron chi connectivity index (χ1n) is 19.8. The molecule has 1 aromatic heterocycles. The van der Waals surface area contributed by atoms with Gasteiger partial charge < -0.3 is 10.5 Å². The van der Waals surface area contributed by atoms with E-state index < -0.39 is 5.41 Å². The van der Waals surface area contributed by atoms with Crippen LogP contribution in [0.3, 0.4) is 0 Å². The summed E-state index contributed by atoms with van der Waals surface area (Å²) in [6.45, 7) is 0. The SMILES string of the molecule is Nc1ccc2c(c1)-c1cc(C3=CC(C4=CCCC(c5nc(-c6ccccc6)cc(-c6ccccc6)n5)=C4)CC=C3)ccc1C21c2ccccc2Oc2ccccc21. The molecule has 0 saturated carbocycles. The van der Waals surface area contributed by atoms with E-state index in [1.54, 1.807) is 0 Å². The molecule has 1 atom stereocenters. The van der Waals surface area contributed by atoms with Gasteiger partial charge in [-0.2, -0.15) is 0 Å². The number of hydrogen-bond acceptors (Lipinski definition) is 4. The fourth-order valence-electron chi connectivity index (χ4n) is 9.48. The molecule has 0 bridgehead atoms. The van der Waals surface area contributed by atoms with Gasteiger partial charge in [-0.25, -0.2) is 9.97 Å². The number of nitrogens with two attached hydrogens (primary N) is 1. The summed E-state index contributed by atoms with van der Waals surface area (Å²) in [7, 11) is 0. The van der Waals surface area contributed by atoms with Gasteiger partial charge >= 0.3 is 0 Å². The van der Waals surface area contributed by atoms with Gasteiger partial charge in [0.05, 0.1) is 16.8 Å². The maximum absolute atomic E-state index is 6.54. The Kier molecular flexibility index (Phi) is 7.78. The van der Waals surface area contributed by atoms with Crippen molar-refractivity contribution in [1.29, 1.82) is 0 Å². The number of para-hydroxylation sites is 2. The highest BCUT2D eigenvalue weighted by atomic mass is 16.5. The smallest absolute Gasteiger partial charge is 0.156 e. The van der Waals surface area contributed by atoms with Crippen molar-refractivity contribution < 1.29 is 4.74 Å². The molecule has 3 aliphatic carbocycles. The largest absolute Gasteiger partial charge is 0.457 e. The van der Waals surface area contributed by atoms with Crippen molar-refractivity contribution >= 4 is 16.8 Å². The van der Waals surface area contributed by atoms with Gasteiger partial charge in [0, 0.05) is 33.9 Å². The molecule has 0 fully saturated rings. The summed E-state index contributed by atoms with van der Waals surface area (Å²) in [5, 5.41) is 0. The third-order valence-corrected chi connectivity index (χ3v) is 12.1. The lowest BCUT2D eigenvalue weighted by Crippen LogP contribution is -2.32. The van der Waals surface area contributed by atoms with Crippen LogP contribution in [0.25, 0.3) is 44.8 Å². The maximum atomic E-state index is 6.54. The van der Waals surface area contributed by atoms with Crippen molar-refractivity contribution in [3.63, 3.8) is 0 Å². The van der Waals surface area contributed by atoms with Crippen LogP contribution < -0.4 is 10.5 Å². The van der Waals surface area contributed by atoms with E-state index in [9.17, 15) is 0 Å². The van der Waals surface area contributed by atoms with Crippen LogP contribution in [0.1, 0.15) is 52.9 Å². The quantitative estimate of drug-likeness (QED) is 0.179. The minimum absolute atomic E-state index is 0.239. The number of anilines is 1. The minimum Gasteiger partial charge on any atom is -0.457 e. The van der Waals surface area contributed by atoms with Crippen molar-refractivity contribution in [2.24, 2.45) is 5.92 Å². The Labute approximate surface area is 333 Å². The highest BCUT2D eigenvalue weighted by molar-refractivity contribution is 5.92. The van der Waals surface area contributed by atoms with E-state index in [4.69, 9.17) is 20.4 Å². The zero-order valence-electron chi connectivity index (χ0n) is 31.4. The number of hydrogen-bond donors (Lipinski definition) is 1. The van der Waals surface area contributed by atoms with Crippen molar-refractivity contribution in [3.8, 4) is 45.1 Å². The van der Waals surface area contributed by atoms with Gasteiger partial charge in [-0.05, 0) is 100 Å². The zero-order chi connectivity index (χ0) is 37.9. The molecule has 7 aromatic rings. The van der Waals surface area contributed by atoms with Gasteiger partial charge in [0.15, 0.2) is 5.82 Å². The predicted octanol–water partition coefficient (Wildman–Crippen LogP) is 12.6. The van der Waals surface area contributed by atoms with Crippen molar-refractivity contribution in [2.45, 2.75) is 24.7 Å². The topological polar surface area (TPSA) is 61.0 Å². The Bertz CT molecular complexity index is 2760. The number of aromatic nitrogens is 2. The van der Waals surface area contributed by atoms with E-state index in [1.807, 2.05) is 18.2 Å². The first kappa shape index (κ1) is 33.3. The third kappa shape index (κ3) is 5.43. The summed E-state index contributed by atoms with van der Waals surface area (Å²) in [6.07, 6.45) is 14.6. The molecule has 0 saturated heterocycles. The molecule has 272 valence electrons. The Balaban J connectivity index is 0.986. The van der Waals surface area contributed by atoms with E-state index in [1.165, 1.54) is 44.5 Å². The van der Waals surface area contributed by atoms with Gasteiger partial charge in [-0.1, -0.05) is 146 Å². The van der Waals surface area contributed by atoms with E-state index in [0.29, 0.717) is 0 Å². The predicted molar refractivity (Wildman–Crippen MR) is 232 cm³/mol. The monoisotopic (exact) mass is 733 g/mol. The van der Waals surface area contributed by atoms with Gasteiger partial charge in [0.2, 0.25) is 0 Å². The number of allylic oxidation sites excluding steroid dienone is 8. The lowest BCUT2D eigenvalue weighted by Gasteiger charge is -2.39. The molecule has 1 spiro atoms. The van der Waals surface area contributed by atoms with Crippen LogP contribution in [0.15, 0.2) is 188 Å². The Hall–Kier alpha value is -7.04. The lowest BCUT2D eigenvalue weighted by atomic mass is 9.66. The Morgan fingerprint density at radius 2 is 1.21 bits per heavy atom. The number of nitrogen functional groups attached to an aromatic ring is 1. The van der Waals surface area contributed by atoms with Gasteiger partial charge in [0.25, 0.3) is 0 Å². The molecule has 6 aromatic carbocycles. The van der Waals surface area contributed by atoms with Crippen LogP contribution in [0.4, 0.5) is 5.69 Å². The maximum Gasteiger partial charge on any atom is 0.156 e. The normalized spacial score (nSPS) is 17.0. The number of ether oxygens (including phenoxy) is 1. The second-order valence-electron chi connectivity index (χ2n) is 15.4. The second kappa shape index (κ2) is 13.3. The molecule has 4 heteroatoms. The fraction of sp³-hybridized carbons (Fsp3) is 0.0943.